The minimum absolute atomic E-state index is 0.0433. The Hall–Kier alpha value is -2.94. The van der Waals surface area contributed by atoms with Crippen LogP contribution < -0.4 is 21.7 Å². The lowest BCUT2D eigenvalue weighted by Crippen LogP contribution is -2.52. The third-order valence-electron chi connectivity index (χ3n) is 6.36. The van der Waals surface area contributed by atoms with E-state index < -0.39 is 17.9 Å². The lowest BCUT2D eigenvalue weighted by atomic mass is 10.0. The average molecular weight is 472 g/mol. The maximum absolute atomic E-state index is 13.9. The molecule has 8 nitrogen and oxygen atoms in total. The first kappa shape index (κ1) is 24.7. The summed E-state index contributed by atoms with van der Waals surface area (Å²) in [5, 5.41) is 3.17. The molecule has 2 aromatic rings. The van der Waals surface area contributed by atoms with Crippen LogP contribution in [0.15, 0.2) is 18.2 Å². The third-order valence-corrected chi connectivity index (χ3v) is 7.21. The zero-order chi connectivity index (χ0) is 24.1. The number of hydrogen-bond acceptors (Lipinski definition) is 6. The van der Waals surface area contributed by atoms with Crippen molar-refractivity contribution in [2.45, 2.75) is 77.8 Å². The molecule has 1 aliphatic rings. The van der Waals surface area contributed by atoms with E-state index in [0.717, 1.165) is 61.2 Å². The smallest absolute Gasteiger partial charge is 0.272 e. The molecule has 0 bridgehead atoms. The second kappa shape index (κ2) is 10.8. The van der Waals surface area contributed by atoms with Crippen molar-refractivity contribution in [3.8, 4) is 0 Å². The molecule has 1 saturated carbocycles. The van der Waals surface area contributed by atoms with Gasteiger partial charge in [-0.05, 0) is 61.8 Å². The zero-order valence-electron chi connectivity index (χ0n) is 19.5. The van der Waals surface area contributed by atoms with Crippen LogP contribution in [0.25, 0.3) is 0 Å². The topological polar surface area (TPSA) is 131 Å². The van der Waals surface area contributed by atoms with Gasteiger partial charge >= 0.3 is 0 Å². The zero-order valence-corrected chi connectivity index (χ0v) is 20.3. The van der Waals surface area contributed by atoms with E-state index >= 15 is 0 Å². The number of anilines is 2. The number of rotatable bonds is 9. The van der Waals surface area contributed by atoms with Gasteiger partial charge in [0.1, 0.15) is 10.9 Å². The fraction of sp³-hybridized carbons (Fsp3) is 0.500. The Kier molecular flexibility index (Phi) is 8.07. The number of carbonyl (C=O) groups is 3. The van der Waals surface area contributed by atoms with Gasteiger partial charge in [0, 0.05) is 11.7 Å². The fourth-order valence-electron chi connectivity index (χ4n) is 4.30. The quantitative estimate of drug-likeness (QED) is 0.513. The number of primary amides is 1. The van der Waals surface area contributed by atoms with Crippen LogP contribution in [0.5, 0.6) is 0 Å². The Bertz CT molecular complexity index is 1030. The van der Waals surface area contributed by atoms with Crippen molar-refractivity contribution in [3.63, 3.8) is 0 Å². The largest absolute Gasteiger partial charge is 0.395 e. The number of aromatic nitrogens is 1. The maximum atomic E-state index is 13.9. The van der Waals surface area contributed by atoms with E-state index in [1.54, 1.807) is 0 Å². The Morgan fingerprint density at radius 1 is 1.24 bits per heavy atom. The van der Waals surface area contributed by atoms with Crippen LogP contribution in [0.3, 0.4) is 0 Å². The van der Waals surface area contributed by atoms with Gasteiger partial charge in [-0.15, -0.1) is 0 Å². The van der Waals surface area contributed by atoms with Crippen molar-refractivity contribution in [1.82, 2.24) is 9.69 Å². The molecule has 0 saturated heterocycles. The summed E-state index contributed by atoms with van der Waals surface area (Å²) >= 11 is 0.833. The molecule has 1 fully saturated rings. The highest BCUT2D eigenvalue weighted by Gasteiger charge is 2.36. The molecule has 1 aliphatic carbocycles. The number of amides is 3. The van der Waals surface area contributed by atoms with Crippen molar-refractivity contribution in [1.29, 1.82) is 0 Å². The van der Waals surface area contributed by atoms with Gasteiger partial charge in [-0.3, -0.25) is 19.3 Å². The molecule has 1 heterocycles. The summed E-state index contributed by atoms with van der Waals surface area (Å²) < 4.78 is 4.00. The molecule has 0 aliphatic heterocycles. The molecule has 1 atom stereocenters. The number of hydrogen-bond donors (Lipinski definition) is 3. The number of unbranched alkanes of at least 4 members (excludes halogenated alkanes) is 1. The normalized spacial score (nSPS) is 14.8. The molecule has 0 spiro atoms. The number of nitrogens with zero attached hydrogens (tertiary/aromatic N) is 2. The van der Waals surface area contributed by atoms with E-state index in [1.807, 2.05) is 32.0 Å². The first-order valence-corrected chi connectivity index (χ1v) is 12.3. The van der Waals surface area contributed by atoms with E-state index in [4.69, 9.17) is 11.5 Å². The molecule has 1 unspecified atom stereocenters. The predicted molar refractivity (Wildman–Crippen MR) is 131 cm³/mol. The van der Waals surface area contributed by atoms with Gasteiger partial charge < -0.3 is 16.8 Å². The molecular formula is C24H33N5O3S. The number of nitrogens with two attached hydrogens (primary N) is 2. The summed E-state index contributed by atoms with van der Waals surface area (Å²) in [4.78, 5) is 40.7. The van der Waals surface area contributed by atoms with Gasteiger partial charge in [-0.25, -0.2) is 0 Å². The van der Waals surface area contributed by atoms with Gasteiger partial charge in [-0.2, -0.15) is 4.37 Å². The van der Waals surface area contributed by atoms with Gasteiger partial charge in [-0.1, -0.05) is 44.7 Å². The van der Waals surface area contributed by atoms with E-state index in [1.165, 1.54) is 4.90 Å². The summed E-state index contributed by atoms with van der Waals surface area (Å²) in [5.41, 5.74) is 13.8. The molecule has 178 valence electrons. The van der Waals surface area contributed by atoms with Crippen molar-refractivity contribution < 1.29 is 14.4 Å². The second-order valence-corrected chi connectivity index (χ2v) is 9.45. The Morgan fingerprint density at radius 3 is 2.55 bits per heavy atom. The number of nitrogen functional groups attached to an aromatic ring is 1. The summed E-state index contributed by atoms with van der Waals surface area (Å²) in [7, 11) is 0. The van der Waals surface area contributed by atoms with Gasteiger partial charge in [0.05, 0.1) is 5.69 Å². The third kappa shape index (κ3) is 5.35. The van der Waals surface area contributed by atoms with Crippen LogP contribution >= 0.6 is 11.5 Å². The van der Waals surface area contributed by atoms with E-state index in [0.29, 0.717) is 12.1 Å². The lowest BCUT2D eigenvalue weighted by molar-refractivity contribution is -0.123. The summed E-state index contributed by atoms with van der Waals surface area (Å²) in [5.74, 6) is -1.40. The Morgan fingerprint density at radius 2 is 1.94 bits per heavy atom. The van der Waals surface area contributed by atoms with Gasteiger partial charge in [0.2, 0.25) is 5.91 Å². The minimum Gasteiger partial charge on any atom is -0.395 e. The number of benzene rings is 1. The number of nitrogens with one attached hydrogen (secondary N) is 1. The first-order valence-electron chi connectivity index (χ1n) is 11.5. The fourth-order valence-corrected chi connectivity index (χ4v) is 5.04. The van der Waals surface area contributed by atoms with Crippen LogP contribution in [0.4, 0.5) is 11.4 Å². The Labute approximate surface area is 198 Å². The van der Waals surface area contributed by atoms with Gasteiger partial charge in [0.15, 0.2) is 5.69 Å². The monoisotopic (exact) mass is 471 g/mol. The highest BCUT2D eigenvalue weighted by atomic mass is 32.1. The van der Waals surface area contributed by atoms with Gasteiger partial charge in [0.25, 0.3) is 11.8 Å². The number of aryl methyl sites for hydroxylation is 1. The van der Waals surface area contributed by atoms with E-state index in [2.05, 4.69) is 16.6 Å². The lowest BCUT2D eigenvalue weighted by Gasteiger charge is -2.33. The molecule has 1 aromatic heterocycles. The average Bonchev–Trinajstić information content (AvgIpc) is 3.42. The molecular weight excluding hydrogens is 438 g/mol. The summed E-state index contributed by atoms with van der Waals surface area (Å²) in [6.45, 7) is 5.95. The molecule has 9 heteroatoms. The highest BCUT2D eigenvalue weighted by Crippen LogP contribution is 2.32. The van der Waals surface area contributed by atoms with Crippen molar-refractivity contribution in [3.05, 3.63) is 39.9 Å². The summed E-state index contributed by atoms with van der Waals surface area (Å²) in [6, 6.07) is 5.10. The van der Waals surface area contributed by atoms with Crippen LogP contribution in [-0.2, 0) is 4.79 Å². The molecule has 33 heavy (non-hydrogen) atoms. The standard InChI is InChI=1S/C24H33N5O3S/c1-4-5-12-18(23(31)27-16-10-6-7-11-16)29(17-13-8-9-14(2)15(17)3)24(32)21-19(25)20(22(26)30)28-33-21/h8-9,13,16,18H,4-7,10-12,25H2,1-3H3,(H2,26,30)(H,27,31). The SMILES string of the molecule is CCCCC(C(=O)NC1CCCC1)N(C(=O)c1snc(C(N)=O)c1N)c1cccc(C)c1C. The molecule has 1 aromatic carbocycles. The molecule has 5 N–H and O–H groups in total. The maximum Gasteiger partial charge on any atom is 0.272 e. The predicted octanol–water partition coefficient (Wildman–Crippen LogP) is 3.71. The van der Waals surface area contributed by atoms with Crippen LogP contribution in [0, 0.1) is 13.8 Å². The van der Waals surface area contributed by atoms with Crippen LogP contribution in [0.2, 0.25) is 0 Å². The summed E-state index contributed by atoms with van der Waals surface area (Å²) in [6.07, 6.45) is 6.27. The van der Waals surface area contributed by atoms with E-state index in [-0.39, 0.29) is 28.2 Å². The minimum atomic E-state index is -0.789. The molecule has 3 rings (SSSR count). The number of carbonyl (C=O) groups excluding carboxylic acids is 3. The second-order valence-electron chi connectivity index (χ2n) is 8.68. The first-order chi connectivity index (χ1) is 15.8. The van der Waals surface area contributed by atoms with Crippen molar-refractivity contribution in [2.24, 2.45) is 5.73 Å². The highest BCUT2D eigenvalue weighted by molar-refractivity contribution is 7.09. The van der Waals surface area contributed by atoms with Crippen molar-refractivity contribution in [2.75, 3.05) is 10.6 Å². The van der Waals surface area contributed by atoms with Crippen molar-refractivity contribution >= 4 is 40.6 Å². The molecule has 3 amide bonds. The molecule has 0 radical (unpaired) electrons. The van der Waals surface area contributed by atoms with Crippen LogP contribution in [-0.4, -0.2) is 34.2 Å². The van der Waals surface area contributed by atoms with E-state index in [9.17, 15) is 14.4 Å². The van der Waals surface area contributed by atoms with Crippen LogP contribution in [0.1, 0.15) is 83.2 Å². The Balaban J connectivity index is 2.08.